The Kier molecular flexibility index (Phi) is 9.84. The molecule has 216 valence electrons. The average molecular weight is 557 g/mol. The summed E-state index contributed by atoms with van der Waals surface area (Å²) in [5.41, 5.74) is 5.32. The molecule has 0 N–H and O–H groups in total. The molecule has 1 heterocycles. The first kappa shape index (κ1) is 29.9. The molecular weight excluding hydrogens is 516 g/mol. The number of hydrogen-bond donors (Lipinski definition) is 0. The van der Waals surface area contributed by atoms with Crippen LogP contribution >= 0.6 is 0 Å². The van der Waals surface area contributed by atoms with E-state index < -0.39 is 11.9 Å². The van der Waals surface area contributed by atoms with Crippen LogP contribution in [0.3, 0.4) is 0 Å². The van der Waals surface area contributed by atoms with Gasteiger partial charge in [0, 0.05) is 47.1 Å². The van der Waals surface area contributed by atoms with Crippen LogP contribution in [0, 0.1) is 0 Å². The second-order valence-electron chi connectivity index (χ2n) is 9.94. The van der Waals surface area contributed by atoms with Crippen LogP contribution in [0.5, 0.6) is 5.75 Å². The van der Waals surface area contributed by atoms with Crippen molar-refractivity contribution >= 4 is 23.2 Å². The molecule has 0 saturated heterocycles. The van der Waals surface area contributed by atoms with Crippen molar-refractivity contribution in [2.45, 2.75) is 40.7 Å². The first-order chi connectivity index (χ1) is 19.8. The first-order valence-electron chi connectivity index (χ1n) is 14.4. The second kappa shape index (κ2) is 13.5. The molecule has 1 aliphatic carbocycles. The summed E-state index contributed by atoms with van der Waals surface area (Å²) in [7, 11) is 0. The Morgan fingerprint density at radius 3 is 2.32 bits per heavy atom. The van der Waals surface area contributed by atoms with Crippen LogP contribution in [-0.2, 0) is 14.3 Å². The van der Waals surface area contributed by atoms with Crippen molar-refractivity contribution < 1.29 is 23.8 Å². The van der Waals surface area contributed by atoms with E-state index in [1.165, 1.54) is 0 Å². The van der Waals surface area contributed by atoms with E-state index in [0.29, 0.717) is 11.1 Å². The lowest BCUT2D eigenvalue weighted by Gasteiger charge is -2.33. The van der Waals surface area contributed by atoms with Gasteiger partial charge in [-0.15, -0.1) is 0 Å². The topological polar surface area (TPSA) is 68.3 Å². The maximum atomic E-state index is 13.3. The minimum Gasteiger partial charge on any atom is -0.459 e. The molecule has 0 bridgehead atoms. The number of carbonyl (C=O) groups is 2. The zero-order valence-corrected chi connectivity index (χ0v) is 24.7. The molecular formula is C34H40N2O5. The van der Waals surface area contributed by atoms with Crippen LogP contribution in [0.4, 0.5) is 5.69 Å². The number of anilines is 1. The molecule has 1 atom stereocenters. The standard InChI is InChI=1S/C34H40N2O5/c1-7-35(8-2)24-15-17-28-30(21-24)41-31-22-25(36(9-3)10-4)16-18-29(31)32(28)26-13-11-12-14-27(26)34(38)40-20-19-39-33(37)23(5)6/h11-18,21-22,24H,5,7-10,19-20H2,1-4,6H3. The summed E-state index contributed by atoms with van der Waals surface area (Å²) in [6.45, 7) is 17.2. The van der Waals surface area contributed by atoms with Gasteiger partial charge in [0.2, 0.25) is 0 Å². The lowest BCUT2D eigenvalue weighted by atomic mass is 9.85. The van der Waals surface area contributed by atoms with Gasteiger partial charge in [-0.2, -0.15) is 0 Å². The fraction of sp³-hybridized carbons (Fsp3) is 0.353. The number of fused-ring (bicyclic) bond motifs is 2. The molecule has 4 rings (SSSR count). The van der Waals surface area contributed by atoms with E-state index in [0.717, 1.165) is 65.6 Å². The van der Waals surface area contributed by atoms with Gasteiger partial charge in [-0.3, -0.25) is 4.90 Å². The van der Waals surface area contributed by atoms with Gasteiger partial charge < -0.3 is 19.1 Å². The summed E-state index contributed by atoms with van der Waals surface area (Å²) < 4.78 is 17.2. The number of ether oxygens (including phenoxy) is 3. The highest BCUT2D eigenvalue weighted by molar-refractivity contribution is 6.01. The third-order valence-corrected chi connectivity index (χ3v) is 7.45. The van der Waals surface area contributed by atoms with Gasteiger partial charge in [0.25, 0.3) is 0 Å². The Hall–Kier alpha value is -4.10. The predicted molar refractivity (Wildman–Crippen MR) is 163 cm³/mol. The molecule has 7 heteroatoms. The van der Waals surface area contributed by atoms with Crippen LogP contribution in [-0.4, -0.2) is 62.3 Å². The van der Waals surface area contributed by atoms with Gasteiger partial charge in [-0.1, -0.05) is 50.8 Å². The van der Waals surface area contributed by atoms with Crippen molar-refractivity contribution in [1.29, 1.82) is 0 Å². The highest BCUT2D eigenvalue weighted by Crippen LogP contribution is 2.45. The molecule has 7 nitrogen and oxygen atoms in total. The Balaban J connectivity index is 1.76. The highest BCUT2D eigenvalue weighted by Gasteiger charge is 2.31. The fourth-order valence-corrected chi connectivity index (χ4v) is 5.24. The van der Waals surface area contributed by atoms with Crippen LogP contribution < -0.4 is 9.64 Å². The van der Waals surface area contributed by atoms with Crippen LogP contribution in [0.25, 0.3) is 5.57 Å². The number of rotatable bonds is 12. The molecule has 0 amide bonds. The first-order valence-corrected chi connectivity index (χ1v) is 14.4. The van der Waals surface area contributed by atoms with Crippen molar-refractivity contribution in [2.24, 2.45) is 0 Å². The number of nitrogens with zero attached hydrogens (tertiary/aromatic N) is 2. The largest absolute Gasteiger partial charge is 0.459 e. The van der Waals surface area contributed by atoms with Crippen LogP contribution in [0.1, 0.15) is 56.1 Å². The number of allylic oxidation sites excluding steroid dienone is 1. The molecule has 0 saturated carbocycles. The summed E-state index contributed by atoms with van der Waals surface area (Å²) in [4.78, 5) is 29.6. The maximum absolute atomic E-state index is 13.3. The Morgan fingerprint density at radius 1 is 0.927 bits per heavy atom. The number of esters is 2. The van der Waals surface area contributed by atoms with Gasteiger partial charge in [0.1, 0.15) is 24.7 Å². The summed E-state index contributed by atoms with van der Waals surface area (Å²) in [6.07, 6.45) is 6.45. The van der Waals surface area contributed by atoms with Crippen molar-refractivity contribution in [3.63, 3.8) is 0 Å². The van der Waals surface area contributed by atoms with Gasteiger partial charge >= 0.3 is 11.9 Å². The van der Waals surface area contributed by atoms with E-state index >= 15 is 0 Å². The molecule has 0 spiro atoms. The molecule has 2 aromatic rings. The molecule has 1 aliphatic heterocycles. The lowest BCUT2D eigenvalue weighted by molar-refractivity contribution is -0.140. The smallest absolute Gasteiger partial charge is 0.338 e. The number of hydrogen-bond acceptors (Lipinski definition) is 7. The summed E-state index contributed by atoms with van der Waals surface area (Å²) >= 11 is 0. The molecule has 0 fully saturated rings. The zero-order chi connectivity index (χ0) is 29.5. The minimum atomic E-state index is -0.511. The maximum Gasteiger partial charge on any atom is 0.338 e. The minimum absolute atomic E-state index is 0.0409. The van der Waals surface area contributed by atoms with Crippen molar-refractivity contribution in [3.8, 4) is 5.75 Å². The van der Waals surface area contributed by atoms with E-state index in [1.807, 2.05) is 18.2 Å². The van der Waals surface area contributed by atoms with E-state index in [1.54, 1.807) is 13.0 Å². The highest BCUT2D eigenvalue weighted by atomic mass is 16.6. The predicted octanol–water partition coefficient (Wildman–Crippen LogP) is 6.17. The van der Waals surface area contributed by atoms with Crippen molar-refractivity contribution in [2.75, 3.05) is 44.3 Å². The average Bonchev–Trinajstić information content (AvgIpc) is 2.99. The third kappa shape index (κ3) is 6.46. The third-order valence-electron chi connectivity index (χ3n) is 7.45. The van der Waals surface area contributed by atoms with Gasteiger partial charge in [0.05, 0.1) is 11.6 Å². The molecule has 1 unspecified atom stereocenters. The fourth-order valence-electron chi connectivity index (χ4n) is 5.24. The summed E-state index contributed by atoms with van der Waals surface area (Å²) in [5, 5.41) is 0. The Bertz CT molecular complexity index is 1400. The quantitative estimate of drug-likeness (QED) is 0.176. The molecule has 2 aromatic carbocycles. The Labute approximate surface area is 243 Å². The SMILES string of the molecule is C=C(C)C(=O)OCCOC(=O)c1ccccc1C1=C2C=CC(N(CC)CC)C=C2Oc2cc(N(CC)CC)ccc21. The summed E-state index contributed by atoms with van der Waals surface area (Å²) in [6, 6.07) is 13.8. The van der Waals surface area contributed by atoms with E-state index in [4.69, 9.17) is 14.2 Å². The number of likely N-dealkylation sites (N-methyl/N-ethyl adjacent to an activating group) is 1. The van der Waals surface area contributed by atoms with Gasteiger partial charge in [-0.05, 0) is 63.7 Å². The Morgan fingerprint density at radius 2 is 1.63 bits per heavy atom. The van der Waals surface area contributed by atoms with E-state index in [9.17, 15) is 9.59 Å². The molecule has 0 aromatic heterocycles. The number of carbonyl (C=O) groups excluding carboxylic acids is 2. The van der Waals surface area contributed by atoms with Crippen molar-refractivity contribution in [1.82, 2.24) is 4.90 Å². The monoisotopic (exact) mass is 556 g/mol. The summed E-state index contributed by atoms with van der Waals surface area (Å²) in [5.74, 6) is 0.531. The molecule has 0 radical (unpaired) electrons. The van der Waals surface area contributed by atoms with Crippen LogP contribution in [0.15, 0.2) is 84.2 Å². The van der Waals surface area contributed by atoms with E-state index in [2.05, 4.69) is 80.5 Å². The van der Waals surface area contributed by atoms with Gasteiger partial charge in [-0.25, -0.2) is 9.59 Å². The molecule has 2 aliphatic rings. The second-order valence-corrected chi connectivity index (χ2v) is 9.94. The normalized spacial score (nSPS) is 15.5. The van der Waals surface area contributed by atoms with Crippen molar-refractivity contribution in [3.05, 3.63) is 101 Å². The van der Waals surface area contributed by atoms with Crippen LogP contribution in [0.2, 0.25) is 0 Å². The zero-order valence-electron chi connectivity index (χ0n) is 24.7. The molecule has 41 heavy (non-hydrogen) atoms. The van der Waals surface area contributed by atoms with E-state index in [-0.39, 0.29) is 19.3 Å². The lowest BCUT2D eigenvalue weighted by Crippen LogP contribution is -2.34. The number of benzene rings is 2. The van der Waals surface area contributed by atoms with Gasteiger partial charge in [0.15, 0.2) is 0 Å².